The molecule has 0 atom stereocenters. The van der Waals surface area contributed by atoms with Gasteiger partial charge in [-0.2, -0.15) is 31.6 Å². The third kappa shape index (κ3) is 4.68. The maximum absolute atomic E-state index is 15.0. The van der Waals surface area contributed by atoms with E-state index in [0.29, 0.717) is 0 Å². The first-order valence-electron chi connectivity index (χ1n) is 11.7. The molecule has 47 heavy (non-hydrogen) atoms. The van der Waals surface area contributed by atoms with E-state index in [0.717, 1.165) is 36.4 Å². The van der Waals surface area contributed by atoms with E-state index < -0.39 is 131 Å². The first-order valence-corrected chi connectivity index (χ1v) is 11.7. The van der Waals surface area contributed by atoms with Gasteiger partial charge in [-0.25, -0.2) is 48.3 Å². The molecule has 0 unspecified atom stereocenters. The van der Waals surface area contributed by atoms with Crippen LogP contribution < -0.4 is 0 Å². The number of rotatable bonds is 3. The van der Waals surface area contributed by atoms with Crippen LogP contribution in [0, 0.1) is 132 Å². The highest BCUT2D eigenvalue weighted by Crippen LogP contribution is 2.57. The maximum Gasteiger partial charge on any atom is 0.180 e. The summed E-state index contributed by atoms with van der Waals surface area (Å²) in [6.07, 6.45) is 0. The van der Waals surface area contributed by atoms with Crippen molar-refractivity contribution in [1.82, 2.24) is 0 Å². The van der Waals surface area contributed by atoms with Crippen molar-refractivity contribution in [3.8, 4) is 36.4 Å². The Balaban J connectivity index is 2.34. The topological polar surface area (TPSA) is 143 Å². The summed E-state index contributed by atoms with van der Waals surface area (Å²) in [7, 11) is 0. The summed E-state index contributed by atoms with van der Waals surface area (Å²) in [6, 6.07) is 5.80. The quantitative estimate of drug-likeness (QED) is 0.168. The molecule has 6 nitrogen and oxygen atoms in total. The fourth-order valence-electron chi connectivity index (χ4n) is 4.44. The SMILES string of the molecule is N#CC(=C1C(=C(C#N)c2c(F)c(F)c(C#N)c(F)c2F)C1=C(C#N)c1c(F)c(F)c(C#N)c(F)c1F)c1cc(F)c(C#N)c(F)c1F. The number of nitriles is 6. The number of halogens is 11. The molecular weight excluding hydrogens is 653 g/mol. The lowest BCUT2D eigenvalue weighted by molar-refractivity contribution is 0.446. The van der Waals surface area contributed by atoms with Crippen LogP contribution in [0.5, 0.6) is 0 Å². The molecule has 3 aromatic carbocycles. The van der Waals surface area contributed by atoms with Crippen molar-refractivity contribution in [1.29, 1.82) is 31.6 Å². The van der Waals surface area contributed by atoms with Crippen molar-refractivity contribution in [2.24, 2.45) is 0 Å². The zero-order chi connectivity index (χ0) is 35.2. The summed E-state index contributed by atoms with van der Waals surface area (Å²) in [4.78, 5) is 0. The minimum atomic E-state index is -2.46. The molecule has 0 aliphatic heterocycles. The average molecular weight is 654 g/mol. The van der Waals surface area contributed by atoms with Crippen molar-refractivity contribution < 1.29 is 48.3 Å². The number of hydrogen-bond acceptors (Lipinski definition) is 6. The molecule has 228 valence electrons. The Morgan fingerprint density at radius 2 is 0.681 bits per heavy atom. The monoisotopic (exact) mass is 654 g/mol. The van der Waals surface area contributed by atoms with Gasteiger partial charge in [0.25, 0.3) is 0 Å². The lowest BCUT2D eigenvalue weighted by Crippen LogP contribution is -2.06. The van der Waals surface area contributed by atoms with Gasteiger partial charge in [0, 0.05) is 22.3 Å². The maximum atomic E-state index is 15.0. The molecule has 4 rings (SSSR count). The molecule has 0 heterocycles. The van der Waals surface area contributed by atoms with Crippen LogP contribution in [0.2, 0.25) is 0 Å². The zero-order valence-electron chi connectivity index (χ0n) is 21.9. The van der Waals surface area contributed by atoms with E-state index in [9.17, 15) is 42.1 Å². The van der Waals surface area contributed by atoms with Crippen LogP contribution in [-0.4, -0.2) is 0 Å². The third-order valence-electron chi connectivity index (χ3n) is 6.56. The first-order chi connectivity index (χ1) is 22.2. The summed E-state index contributed by atoms with van der Waals surface area (Å²) in [5.41, 5.74) is -19.0. The lowest BCUT2D eigenvalue weighted by Gasteiger charge is -2.08. The van der Waals surface area contributed by atoms with Crippen molar-refractivity contribution >= 4 is 16.7 Å². The minimum absolute atomic E-state index is 0.0125. The molecule has 0 spiro atoms. The van der Waals surface area contributed by atoms with Crippen LogP contribution in [0.4, 0.5) is 48.3 Å². The second kappa shape index (κ2) is 11.9. The predicted octanol–water partition coefficient (Wildman–Crippen LogP) is 7.08. The van der Waals surface area contributed by atoms with Gasteiger partial charge in [0.05, 0.1) is 27.8 Å². The molecule has 1 fully saturated rings. The van der Waals surface area contributed by atoms with Crippen molar-refractivity contribution in [2.45, 2.75) is 0 Å². The smallest absolute Gasteiger partial charge is 0.180 e. The van der Waals surface area contributed by atoms with E-state index >= 15 is 22.0 Å². The van der Waals surface area contributed by atoms with E-state index in [1.54, 1.807) is 0 Å². The molecule has 0 saturated heterocycles. The average Bonchev–Trinajstić information content (AvgIpc) is 3.76. The Kier molecular flexibility index (Phi) is 8.31. The van der Waals surface area contributed by atoms with Gasteiger partial charge in [0.2, 0.25) is 0 Å². The Labute approximate surface area is 253 Å². The molecular formula is C30HF11N6. The zero-order valence-corrected chi connectivity index (χ0v) is 21.9. The van der Waals surface area contributed by atoms with Gasteiger partial charge < -0.3 is 0 Å². The van der Waals surface area contributed by atoms with E-state index in [4.69, 9.17) is 15.8 Å². The first kappa shape index (κ1) is 33.0. The number of allylic oxidation sites excluding steroid dienone is 6. The Morgan fingerprint density at radius 1 is 0.383 bits per heavy atom. The molecule has 0 aromatic heterocycles. The van der Waals surface area contributed by atoms with Crippen LogP contribution in [0.25, 0.3) is 16.7 Å². The normalized spacial score (nSPS) is 13.8. The van der Waals surface area contributed by atoms with E-state index in [1.165, 1.54) is 0 Å². The molecule has 0 radical (unpaired) electrons. The predicted molar refractivity (Wildman–Crippen MR) is 131 cm³/mol. The van der Waals surface area contributed by atoms with Crippen molar-refractivity contribution in [2.75, 3.05) is 0 Å². The molecule has 1 saturated carbocycles. The van der Waals surface area contributed by atoms with Crippen LogP contribution in [0.1, 0.15) is 33.4 Å². The van der Waals surface area contributed by atoms with Gasteiger partial charge in [-0.05, 0) is 6.07 Å². The van der Waals surface area contributed by atoms with Gasteiger partial charge in [-0.15, -0.1) is 0 Å². The molecule has 3 aromatic rings. The van der Waals surface area contributed by atoms with Gasteiger partial charge in [-0.1, -0.05) is 0 Å². The molecule has 0 bridgehead atoms. The summed E-state index contributed by atoms with van der Waals surface area (Å²) in [5, 5.41) is 56.0. The standard InChI is InChI=1S/C30HF11N6/c31-15-1-8(21(32)22(33)10(15)3-43)9(2-42)16-17(11(4-44)19-27(38)23(34)13(6-46)24(35)28(19)39)18(16)12(5-45)20-29(40)25(36)14(7-47)26(37)30(20)41/h1H. The van der Waals surface area contributed by atoms with Crippen LogP contribution in [0.15, 0.2) is 22.8 Å². The molecule has 1 aliphatic carbocycles. The Bertz CT molecular complexity index is 2210. The summed E-state index contributed by atoms with van der Waals surface area (Å²) >= 11 is 0. The van der Waals surface area contributed by atoms with Gasteiger partial charge in [0.15, 0.2) is 58.2 Å². The summed E-state index contributed by atoms with van der Waals surface area (Å²) in [6.45, 7) is 0. The van der Waals surface area contributed by atoms with E-state index in [1.807, 2.05) is 0 Å². The third-order valence-corrected chi connectivity index (χ3v) is 6.56. The highest BCUT2D eigenvalue weighted by Gasteiger charge is 2.45. The van der Waals surface area contributed by atoms with E-state index in [-0.39, 0.29) is 6.07 Å². The van der Waals surface area contributed by atoms with Crippen molar-refractivity contribution in [3.63, 3.8) is 0 Å². The summed E-state index contributed by atoms with van der Waals surface area (Å²) < 4.78 is 162. The van der Waals surface area contributed by atoms with E-state index in [2.05, 4.69) is 0 Å². The minimum Gasteiger partial charge on any atom is -0.205 e. The fourth-order valence-corrected chi connectivity index (χ4v) is 4.44. The molecule has 0 amide bonds. The Hall–Kier alpha value is -6.95. The van der Waals surface area contributed by atoms with Crippen LogP contribution in [-0.2, 0) is 0 Å². The number of hydrogen-bond donors (Lipinski definition) is 0. The van der Waals surface area contributed by atoms with Gasteiger partial charge in [-0.3, -0.25) is 0 Å². The summed E-state index contributed by atoms with van der Waals surface area (Å²) in [5.74, 6) is -25.6. The van der Waals surface area contributed by atoms with Gasteiger partial charge in [0.1, 0.15) is 58.9 Å². The highest BCUT2D eigenvalue weighted by atomic mass is 19.2. The largest absolute Gasteiger partial charge is 0.205 e. The van der Waals surface area contributed by atoms with Crippen LogP contribution >= 0.6 is 0 Å². The molecule has 17 heteroatoms. The van der Waals surface area contributed by atoms with Crippen molar-refractivity contribution in [3.05, 3.63) is 120 Å². The lowest BCUT2D eigenvalue weighted by atomic mass is 9.99. The Morgan fingerprint density at radius 3 is 0.979 bits per heavy atom. The number of benzene rings is 3. The number of nitrogens with zero attached hydrogens (tertiary/aromatic N) is 6. The van der Waals surface area contributed by atoms with Crippen LogP contribution in [0.3, 0.4) is 0 Å². The second-order valence-corrected chi connectivity index (χ2v) is 8.84. The molecule has 0 N–H and O–H groups in total. The second-order valence-electron chi connectivity index (χ2n) is 8.84. The van der Waals surface area contributed by atoms with Gasteiger partial charge >= 0.3 is 0 Å². The molecule has 1 aliphatic rings. The highest BCUT2D eigenvalue weighted by molar-refractivity contribution is 6.12. The fraction of sp³-hybridized carbons (Fsp3) is 0.